The first-order valence-corrected chi connectivity index (χ1v) is 13.3. The van der Waals surface area contributed by atoms with E-state index in [1.165, 1.54) is 4.90 Å². The summed E-state index contributed by atoms with van der Waals surface area (Å²) in [4.78, 5) is 43.0. The zero-order chi connectivity index (χ0) is 30.1. The zero-order valence-electron chi connectivity index (χ0n) is 24.1. The van der Waals surface area contributed by atoms with Crippen molar-refractivity contribution in [2.75, 3.05) is 39.6 Å². The van der Waals surface area contributed by atoms with Crippen molar-refractivity contribution in [3.8, 4) is 5.75 Å². The van der Waals surface area contributed by atoms with Crippen LogP contribution in [0.25, 0.3) is 0 Å². The third-order valence-corrected chi connectivity index (χ3v) is 8.23. The highest BCUT2D eigenvalue weighted by Gasteiger charge is 2.63. The predicted octanol–water partition coefficient (Wildman–Crippen LogP) is 1.32. The normalized spacial score (nSPS) is 26.6. The van der Waals surface area contributed by atoms with E-state index in [2.05, 4.69) is 26.1 Å². The second-order valence-electron chi connectivity index (χ2n) is 12.8. The smallest absolute Gasteiger partial charge is 0.255 e. The number of nitrogens with two attached hydrogens (primary N) is 1. The van der Waals surface area contributed by atoms with Crippen molar-refractivity contribution in [1.29, 1.82) is 0 Å². The van der Waals surface area contributed by atoms with Gasteiger partial charge >= 0.3 is 0 Å². The minimum Gasteiger partial charge on any atom is -0.510 e. The summed E-state index contributed by atoms with van der Waals surface area (Å²) < 4.78 is 0. The van der Waals surface area contributed by atoms with Crippen LogP contribution in [0.15, 0.2) is 28.7 Å². The predicted molar refractivity (Wildman–Crippen MR) is 149 cm³/mol. The Morgan fingerprint density at radius 2 is 1.77 bits per heavy atom. The number of likely N-dealkylation sites (N-methyl/N-ethyl adjacent to an activating group) is 1. The molecule has 0 bridgehead atoms. The van der Waals surface area contributed by atoms with E-state index < -0.39 is 58.0 Å². The number of aromatic hydroxyl groups is 1. The van der Waals surface area contributed by atoms with Gasteiger partial charge in [-0.3, -0.25) is 19.3 Å². The van der Waals surface area contributed by atoms with Crippen LogP contribution < -0.4 is 16.0 Å². The number of benzene rings is 1. The number of hydrogen-bond acceptors (Lipinski definition) is 10. The van der Waals surface area contributed by atoms with Crippen molar-refractivity contribution < 1.29 is 34.8 Å². The van der Waals surface area contributed by atoms with Gasteiger partial charge in [-0.05, 0) is 49.9 Å². The lowest BCUT2D eigenvalue weighted by atomic mass is 9.58. The monoisotopic (exact) mass is 556 g/mol. The molecule has 0 heterocycles. The van der Waals surface area contributed by atoms with E-state index in [0.717, 1.165) is 5.69 Å². The molecular weight excluding hydrogens is 516 g/mol. The molecule has 0 saturated heterocycles. The Morgan fingerprint density at radius 3 is 2.30 bits per heavy atom. The van der Waals surface area contributed by atoms with Gasteiger partial charge in [0.25, 0.3) is 5.91 Å². The van der Waals surface area contributed by atoms with Crippen LogP contribution in [0.2, 0.25) is 0 Å². The van der Waals surface area contributed by atoms with Crippen LogP contribution in [-0.4, -0.2) is 89.2 Å². The van der Waals surface area contributed by atoms with Gasteiger partial charge in [0, 0.05) is 49.9 Å². The van der Waals surface area contributed by atoms with Gasteiger partial charge in [0.15, 0.2) is 11.4 Å². The molecule has 11 heteroatoms. The van der Waals surface area contributed by atoms with E-state index in [4.69, 9.17) is 5.73 Å². The molecular formula is C29H40N4O7. The molecule has 1 aromatic carbocycles. The van der Waals surface area contributed by atoms with E-state index in [9.17, 15) is 34.8 Å². The van der Waals surface area contributed by atoms with Gasteiger partial charge < -0.3 is 36.4 Å². The number of nitrogens with zero attached hydrogens (tertiary/aromatic N) is 2. The van der Waals surface area contributed by atoms with Gasteiger partial charge in [0.2, 0.25) is 5.78 Å². The number of carbonyl (C=O) groups is 3. The first-order valence-electron chi connectivity index (χ1n) is 13.3. The summed E-state index contributed by atoms with van der Waals surface area (Å²) in [5, 5.41) is 48.8. The maximum absolute atomic E-state index is 14.1. The van der Waals surface area contributed by atoms with Gasteiger partial charge in [-0.25, -0.2) is 0 Å². The number of phenolic OH excluding ortho intramolecular Hbond substituents is 1. The number of Topliss-reactive ketones (excluding diaryl/α,β-unsaturated/α-hetero) is 2. The quantitative estimate of drug-likeness (QED) is 0.280. The molecule has 1 amide bonds. The largest absolute Gasteiger partial charge is 0.510 e. The molecule has 218 valence electrons. The maximum atomic E-state index is 14.1. The molecule has 0 radical (unpaired) electrons. The van der Waals surface area contributed by atoms with Gasteiger partial charge in [-0.1, -0.05) is 20.8 Å². The maximum Gasteiger partial charge on any atom is 0.255 e. The lowest BCUT2D eigenvalue weighted by Gasteiger charge is -2.50. The Hall–Kier alpha value is -3.41. The molecule has 7 N–H and O–H groups in total. The van der Waals surface area contributed by atoms with Crippen LogP contribution in [0.3, 0.4) is 0 Å². The highest BCUT2D eigenvalue weighted by Crippen LogP contribution is 2.53. The molecule has 0 aromatic heterocycles. The number of aliphatic hydroxyl groups is 3. The molecule has 4 rings (SSSR count). The Labute approximate surface area is 233 Å². The summed E-state index contributed by atoms with van der Waals surface area (Å²) in [6, 6.07) is 0.814. The SMILES string of the molecule is CN(C)c1cc(CNCC(C)(C)C)c(O)c2c1C[C@H]1CC3[C@H](N(C)C)C(O)=C(C(N)=O)C(=O)[C@@]3(O)C(O)=C1C2=O. The Bertz CT molecular complexity index is 1350. The van der Waals surface area contributed by atoms with E-state index in [1.807, 2.05) is 25.1 Å². The molecule has 3 aliphatic carbocycles. The highest BCUT2D eigenvalue weighted by molar-refractivity contribution is 6.24. The number of anilines is 1. The number of fused-ring (bicyclic) bond motifs is 3. The van der Waals surface area contributed by atoms with Crippen LogP contribution >= 0.6 is 0 Å². The number of nitrogens with one attached hydrogen (secondary N) is 1. The van der Waals surface area contributed by atoms with E-state index >= 15 is 0 Å². The van der Waals surface area contributed by atoms with Gasteiger partial charge in [0.05, 0.1) is 11.6 Å². The Balaban J connectivity index is 1.90. The van der Waals surface area contributed by atoms with E-state index in [-0.39, 0.29) is 35.1 Å². The summed E-state index contributed by atoms with van der Waals surface area (Å²) in [6.45, 7) is 7.17. The molecule has 0 aliphatic heterocycles. The standard InChI is InChI=1S/C29H40N4O7/c1-28(2,3)12-31-11-14-10-17(32(4)5)15-8-13-9-16-21(33(6)7)24(36)20(27(30)39)26(38)29(16,40)25(37)18(13)23(35)19(15)22(14)34/h10,13,16,21,31,34,36-37,40H,8-9,11-12H2,1-7H3,(H2,30,39)/t13-,16?,21-,29-/m0/s1. The highest BCUT2D eigenvalue weighted by atomic mass is 16.3. The van der Waals surface area contributed by atoms with Crippen molar-refractivity contribution in [2.24, 2.45) is 23.0 Å². The molecule has 40 heavy (non-hydrogen) atoms. The van der Waals surface area contributed by atoms with Gasteiger partial charge in [-0.2, -0.15) is 0 Å². The third-order valence-electron chi connectivity index (χ3n) is 8.23. The lowest BCUT2D eigenvalue weighted by Crippen LogP contribution is -2.63. The number of primary amides is 1. The summed E-state index contributed by atoms with van der Waals surface area (Å²) >= 11 is 0. The second-order valence-corrected chi connectivity index (χ2v) is 12.8. The van der Waals surface area contributed by atoms with Gasteiger partial charge in [-0.15, -0.1) is 0 Å². The number of phenols is 1. The molecule has 0 spiro atoms. The summed E-state index contributed by atoms with van der Waals surface area (Å²) in [6.07, 6.45) is 0.291. The fourth-order valence-corrected chi connectivity index (χ4v) is 6.46. The van der Waals surface area contributed by atoms with Crippen LogP contribution in [0.1, 0.15) is 48.7 Å². The van der Waals surface area contributed by atoms with Crippen molar-refractivity contribution in [2.45, 2.75) is 51.8 Å². The topological polar surface area (TPSA) is 177 Å². The number of amides is 1. The molecule has 0 saturated carbocycles. The third kappa shape index (κ3) is 4.46. The fraction of sp³-hybridized carbons (Fsp3) is 0.552. The van der Waals surface area contributed by atoms with E-state index in [1.54, 1.807) is 14.1 Å². The number of carbonyl (C=O) groups excluding carboxylic acids is 3. The molecule has 3 aliphatic rings. The summed E-state index contributed by atoms with van der Waals surface area (Å²) in [5.74, 6) is -6.54. The molecule has 1 unspecified atom stereocenters. The van der Waals surface area contributed by atoms with Crippen molar-refractivity contribution >= 4 is 23.2 Å². The minimum absolute atomic E-state index is 0.00841. The van der Waals surface area contributed by atoms with Crippen LogP contribution in [-0.2, 0) is 22.6 Å². The lowest BCUT2D eigenvalue weighted by molar-refractivity contribution is -0.148. The Morgan fingerprint density at radius 1 is 1.15 bits per heavy atom. The van der Waals surface area contributed by atoms with E-state index in [0.29, 0.717) is 24.2 Å². The fourth-order valence-electron chi connectivity index (χ4n) is 6.46. The van der Waals surface area contributed by atoms with Crippen molar-refractivity contribution in [3.05, 3.63) is 45.4 Å². The van der Waals surface area contributed by atoms with Crippen LogP contribution in [0.5, 0.6) is 5.75 Å². The molecule has 4 atom stereocenters. The zero-order valence-corrected chi connectivity index (χ0v) is 24.1. The van der Waals surface area contributed by atoms with Crippen molar-refractivity contribution in [1.82, 2.24) is 10.2 Å². The first kappa shape index (κ1) is 29.6. The Kier molecular flexibility index (Phi) is 7.32. The number of aliphatic hydroxyl groups excluding tert-OH is 2. The molecule has 0 fully saturated rings. The number of rotatable bonds is 6. The average molecular weight is 557 g/mol. The molecule has 1 aromatic rings. The number of hydrogen-bond donors (Lipinski definition) is 6. The van der Waals surface area contributed by atoms with Crippen LogP contribution in [0.4, 0.5) is 5.69 Å². The number of ketones is 2. The minimum atomic E-state index is -2.66. The number of allylic oxidation sites excluding steroid dienone is 1. The van der Waals surface area contributed by atoms with Crippen LogP contribution in [0, 0.1) is 17.3 Å². The molecule has 11 nitrogen and oxygen atoms in total. The van der Waals surface area contributed by atoms with Gasteiger partial charge in [0.1, 0.15) is 22.8 Å². The second kappa shape index (κ2) is 9.90. The summed E-state index contributed by atoms with van der Waals surface area (Å²) in [5.41, 5.74) is 3.58. The summed E-state index contributed by atoms with van der Waals surface area (Å²) in [7, 11) is 6.87. The average Bonchev–Trinajstić information content (AvgIpc) is 2.81. The first-order chi connectivity index (χ1) is 18.4. The van der Waals surface area contributed by atoms with Crippen molar-refractivity contribution in [3.63, 3.8) is 0 Å².